The SMILES string of the molecule is C=C/C=C(\C(N)=NC)c1nc2ccc(-n3cccn3)nc2n1-c1ccc2c(c1)CCC2.CC=NC(C)C. The van der Waals surface area contributed by atoms with E-state index in [2.05, 4.69) is 53.7 Å². The van der Waals surface area contributed by atoms with Gasteiger partial charge in [-0.3, -0.25) is 14.6 Å². The zero-order chi connectivity index (χ0) is 26.4. The highest BCUT2D eigenvalue weighted by Gasteiger charge is 2.21. The minimum absolute atomic E-state index is 0.393. The molecule has 0 bridgehead atoms. The van der Waals surface area contributed by atoms with Crippen LogP contribution in [0.1, 0.15) is 44.1 Å². The van der Waals surface area contributed by atoms with E-state index in [0.717, 1.165) is 35.5 Å². The molecule has 0 atom stereocenters. The molecule has 5 rings (SSSR count). The molecule has 0 saturated carbocycles. The second-order valence-electron chi connectivity index (χ2n) is 8.97. The minimum Gasteiger partial charge on any atom is -0.383 e. The van der Waals surface area contributed by atoms with Crippen molar-refractivity contribution in [1.82, 2.24) is 24.3 Å². The van der Waals surface area contributed by atoms with E-state index >= 15 is 0 Å². The highest BCUT2D eigenvalue weighted by Crippen LogP contribution is 2.30. The van der Waals surface area contributed by atoms with Gasteiger partial charge in [0.05, 0.1) is 5.57 Å². The highest BCUT2D eigenvalue weighted by atomic mass is 15.3. The van der Waals surface area contributed by atoms with E-state index in [-0.39, 0.29) is 0 Å². The second kappa shape index (κ2) is 11.6. The predicted octanol–water partition coefficient (Wildman–Crippen LogP) is 5.14. The molecule has 0 aliphatic heterocycles. The maximum Gasteiger partial charge on any atom is 0.167 e. The van der Waals surface area contributed by atoms with Crippen LogP contribution in [-0.2, 0) is 12.8 Å². The molecule has 0 saturated heterocycles. The van der Waals surface area contributed by atoms with Crippen LogP contribution in [0.3, 0.4) is 0 Å². The number of nitrogens with two attached hydrogens (primary N) is 1. The quantitative estimate of drug-likeness (QED) is 0.228. The van der Waals surface area contributed by atoms with Crippen molar-refractivity contribution in [2.45, 2.75) is 46.1 Å². The van der Waals surface area contributed by atoms with Gasteiger partial charge in [-0.1, -0.05) is 18.7 Å². The van der Waals surface area contributed by atoms with E-state index in [1.54, 1.807) is 24.0 Å². The average Bonchev–Trinajstić information content (AvgIpc) is 3.66. The van der Waals surface area contributed by atoms with E-state index in [0.29, 0.717) is 23.3 Å². The summed E-state index contributed by atoms with van der Waals surface area (Å²) in [5.74, 6) is 1.80. The largest absolute Gasteiger partial charge is 0.383 e. The van der Waals surface area contributed by atoms with Gasteiger partial charge in [0.1, 0.15) is 11.4 Å². The molecule has 190 valence electrons. The molecule has 37 heavy (non-hydrogen) atoms. The van der Waals surface area contributed by atoms with Crippen molar-refractivity contribution in [3.63, 3.8) is 0 Å². The monoisotopic (exact) mass is 494 g/mol. The molecule has 0 fully saturated rings. The number of hydrogen-bond acceptors (Lipinski definition) is 5. The fraction of sp³-hybridized carbons (Fsp3) is 0.276. The molecule has 0 amide bonds. The summed E-state index contributed by atoms with van der Waals surface area (Å²) in [6.45, 7) is 9.88. The lowest BCUT2D eigenvalue weighted by molar-refractivity contribution is 0.840. The topological polar surface area (TPSA) is 99.3 Å². The predicted molar refractivity (Wildman–Crippen MR) is 153 cm³/mol. The van der Waals surface area contributed by atoms with Crippen LogP contribution in [0.2, 0.25) is 0 Å². The van der Waals surface area contributed by atoms with Crippen molar-refractivity contribution in [2.75, 3.05) is 7.05 Å². The number of benzene rings is 1. The molecule has 1 aromatic carbocycles. The van der Waals surface area contributed by atoms with Crippen LogP contribution in [0, 0.1) is 0 Å². The van der Waals surface area contributed by atoms with E-state index in [4.69, 9.17) is 15.7 Å². The normalized spacial score (nSPS) is 13.8. The molecule has 8 nitrogen and oxygen atoms in total. The van der Waals surface area contributed by atoms with Crippen LogP contribution < -0.4 is 5.73 Å². The number of rotatable bonds is 6. The Morgan fingerprint density at radius 2 is 1.95 bits per heavy atom. The second-order valence-corrected chi connectivity index (χ2v) is 8.97. The molecular weight excluding hydrogens is 460 g/mol. The third-order valence-corrected chi connectivity index (χ3v) is 6.06. The minimum atomic E-state index is 0.393. The van der Waals surface area contributed by atoms with Crippen molar-refractivity contribution < 1.29 is 0 Å². The van der Waals surface area contributed by atoms with Gasteiger partial charge >= 0.3 is 0 Å². The third-order valence-electron chi connectivity index (χ3n) is 6.06. The van der Waals surface area contributed by atoms with Gasteiger partial charge in [0.25, 0.3) is 0 Å². The molecule has 0 spiro atoms. The Morgan fingerprint density at radius 3 is 2.59 bits per heavy atom. The van der Waals surface area contributed by atoms with Crippen LogP contribution in [0.15, 0.2) is 77.5 Å². The summed E-state index contributed by atoms with van der Waals surface area (Å²) in [6.07, 6.45) is 12.4. The number of aliphatic imine (C=N–C) groups is 2. The lowest BCUT2D eigenvalue weighted by atomic mass is 10.1. The zero-order valence-corrected chi connectivity index (χ0v) is 22.0. The molecular formula is C29H34N8. The molecule has 0 radical (unpaired) electrons. The van der Waals surface area contributed by atoms with Gasteiger partial charge in [-0.15, -0.1) is 0 Å². The van der Waals surface area contributed by atoms with Gasteiger partial charge in [-0.2, -0.15) is 5.10 Å². The first-order chi connectivity index (χ1) is 18.0. The van der Waals surface area contributed by atoms with Crippen molar-refractivity contribution in [1.29, 1.82) is 0 Å². The van der Waals surface area contributed by atoms with E-state index in [1.165, 1.54) is 17.5 Å². The van der Waals surface area contributed by atoms with Crippen molar-refractivity contribution >= 4 is 28.8 Å². The summed E-state index contributed by atoms with van der Waals surface area (Å²) in [4.78, 5) is 18.0. The highest BCUT2D eigenvalue weighted by molar-refractivity contribution is 6.21. The van der Waals surface area contributed by atoms with Crippen molar-refractivity contribution in [2.24, 2.45) is 15.7 Å². The van der Waals surface area contributed by atoms with Gasteiger partial charge in [0, 0.05) is 31.2 Å². The van der Waals surface area contributed by atoms with Gasteiger partial charge in [0.2, 0.25) is 0 Å². The molecule has 3 aromatic heterocycles. The smallest absolute Gasteiger partial charge is 0.167 e. The zero-order valence-electron chi connectivity index (χ0n) is 22.0. The lowest BCUT2D eigenvalue weighted by Crippen LogP contribution is -2.17. The molecule has 1 aliphatic rings. The maximum atomic E-state index is 6.25. The van der Waals surface area contributed by atoms with Crippen LogP contribution >= 0.6 is 0 Å². The Morgan fingerprint density at radius 1 is 1.14 bits per heavy atom. The van der Waals surface area contributed by atoms with Crippen LogP contribution in [0.25, 0.3) is 28.2 Å². The van der Waals surface area contributed by atoms with Crippen molar-refractivity contribution in [3.8, 4) is 11.5 Å². The van der Waals surface area contributed by atoms with Crippen molar-refractivity contribution in [3.05, 3.63) is 84.5 Å². The summed E-state index contributed by atoms with van der Waals surface area (Å²) < 4.78 is 3.79. The fourth-order valence-corrected chi connectivity index (χ4v) is 4.41. The number of hydrogen-bond donors (Lipinski definition) is 1. The number of allylic oxidation sites excluding steroid dienone is 2. The first-order valence-electron chi connectivity index (χ1n) is 12.5. The number of fused-ring (bicyclic) bond motifs is 2. The average molecular weight is 495 g/mol. The first kappa shape index (κ1) is 25.8. The Hall–Kier alpha value is -4.33. The molecule has 4 aromatic rings. The summed E-state index contributed by atoms with van der Waals surface area (Å²) in [5, 5.41) is 4.32. The Balaban J connectivity index is 0.000000480. The number of aryl methyl sites for hydroxylation is 2. The third kappa shape index (κ3) is 5.58. The van der Waals surface area contributed by atoms with Gasteiger partial charge in [0.15, 0.2) is 17.3 Å². The Kier molecular flexibility index (Phi) is 8.08. The number of aromatic nitrogens is 5. The number of imidazole rings is 1. The fourth-order valence-electron chi connectivity index (χ4n) is 4.41. The Bertz CT molecular complexity index is 1470. The molecule has 0 unspecified atom stereocenters. The number of amidine groups is 1. The van der Waals surface area contributed by atoms with Gasteiger partial charge in [-0.25, -0.2) is 14.6 Å². The van der Waals surface area contributed by atoms with Crippen LogP contribution in [0.4, 0.5) is 0 Å². The van der Waals surface area contributed by atoms with E-state index in [9.17, 15) is 0 Å². The summed E-state index contributed by atoms with van der Waals surface area (Å²) in [6, 6.07) is 12.8. The van der Waals surface area contributed by atoms with E-state index < -0.39 is 0 Å². The van der Waals surface area contributed by atoms with Crippen LogP contribution in [0.5, 0.6) is 0 Å². The molecule has 1 aliphatic carbocycles. The summed E-state index contributed by atoms with van der Waals surface area (Å²) >= 11 is 0. The van der Waals surface area contributed by atoms with E-state index in [1.807, 2.05) is 48.2 Å². The molecule has 3 heterocycles. The first-order valence-corrected chi connectivity index (χ1v) is 12.5. The Labute approximate surface area is 218 Å². The molecule has 8 heteroatoms. The van der Waals surface area contributed by atoms with Gasteiger partial charge < -0.3 is 5.73 Å². The number of pyridine rings is 1. The maximum absolute atomic E-state index is 6.25. The number of nitrogens with zero attached hydrogens (tertiary/aromatic N) is 7. The standard InChI is InChI=1S/C24H23N7.C5H11N/c1-3-6-19(22(25)26-2)23-28-20-11-12-21(30-14-5-13-27-30)29-24(20)31(23)18-10-9-16-7-4-8-17(16)15-18;1-4-6-5(2)3/h3,5-6,9-15H,1,4,7-8H2,2H3,(H2,25,26);4-5H,1-3H3/b19-6+;. The summed E-state index contributed by atoms with van der Waals surface area (Å²) in [5.41, 5.74) is 12.2. The molecule has 2 N–H and O–H groups in total. The van der Waals surface area contributed by atoms with Gasteiger partial charge in [-0.05, 0) is 93.8 Å². The lowest BCUT2D eigenvalue weighted by Gasteiger charge is -2.13. The summed E-state index contributed by atoms with van der Waals surface area (Å²) in [7, 11) is 1.67. The van der Waals surface area contributed by atoms with Crippen LogP contribution in [-0.4, -0.2) is 49.5 Å².